The van der Waals surface area contributed by atoms with Crippen LogP contribution in [-0.4, -0.2) is 27.1 Å². The molecule has 1 heterocycles. The number of hydrogen-bond acceptors (Lipinski definition) is 5. The van der Waals surface area contributed by atoms with Gasteiger partial charge in [0.25, 0.3) is 0 Å². The molecule has 0 N–H and O–H groups in total. The zero-order valence-electron chi connectivity index (χ0n) is 13.1. The summed E-state index contributed by atoms with van der Waals surface area (Å²) in [5.74, 6) is -0.306. The van der Waals surface area contributed by atoms with Gasteiger partial charge in [-0.2, -0.15) is 5.26 Å². The van der Waals surface area contributed by atoms with Crippen molar-refractivity contribution in [2.45, 2.75) is 39.7 Å². The van der Waals surface area contributed by atoms with Crippen molar-refractivity contribution in [3.63, 3.8) is 0 Å². The summed E-state index contributed by atoms with van der Waals surface area (Å²) in [6, 6.07) is 8.98. The van der Waals surface area contributed by atoms with Crippen LogP contribution in [-0.2, 0) is 4.74 Å². The van der Waals surface area contributed by atoms with E-state index in [1.807, 2.05) is 26.0 Å². The molecule has 0 aliphatic rings. The topological polar surface area (TPSA) is 80.8 Å². The molecule has 2 aromatic rings. The van der Waals surface area contributed by atoms with Crippen LogP contribution in [0.5, 0.6) is 0 Å². The number of ether oxygens (including phenoxy) is 1. The molecule has 0 amide bonds. The fraction of sp³-hybridized carbons (Fsp3) is 0.375. The fourth-order valence-electron chi connectivity index (χ4n) is 2.12. The Kier molecular flexibility index (Phi) is 4.56. The first-order valence-corrected chi connectivity index (χ1v) is 7.11. The van der Waals surface area contributed by atoms with Crippen LogP contribution in [0.15, 0.2) is 24.3 Å². The quantitative estimate of drug-likeness (QED) is 0.811. The summed E-state index contributed by atoms with van der Waals surface area (Å²) in [5.41, 5.74) is 2.13. The van der Waals surface area contributed by atoms with Crippen molar-refractivity contribution in [1.82, 2.24) is 15.0 Å². The maximum atomic E-state index is 12.0. The number of benzene rings is 1. The van der Waals surface area contributed by atoms with Crippen molar-refractivity contribution < 1.29 is 9.53 Å². The van der Waals surface area contributed by atoms with Crippen molar-refractivity contribution in [2.24, 2.45) is 0 Å². The number of hydrogen-bond donors (Lipinski definition) is 0. The zero-order valence-corrected chi connectivity index (χ0v) is 13.1. The predicted octanol–water partition coefficient (Wildman–Crippen LogP) is 2.83. The molecule has 0 atom stereocenters. The molecule has 0 radical (unpaired) electrons. The van der Waals surface area contributed by atoms with Gasteiger partial charge in [0, 0.05) is 0 Å². The van der Waals surface area contributed by atoms with Crippen LogP contribution in [0.1, 0.15) is 55.4 Å². The molecule has 0 fully saturated rings. The third-order valence-electron chi connectivity index (χ3n) is 3.03. The van der Waals surface area contributed by atoms with Gasteiger partial charge < -0.3 is 4.74 Å². The lowest BCUT2D eigenvalue weighted by Gasteiger charge is -2.11. The molecule has 6 heteroatoms. The van der Waals surface area contributed by atoms with Crippen molar-refractivity contribution in [3.05, 3.63) is 41.2 Å². The highest BCUT2D eigenvalue weighted by molar-refractivity contribution is 5.90. The van der Waals surface area contributed by atoms with E-state index >= 15 is 0 Å². The average molecular weight is 298 g/mol. The smallest absolute Gasteiger partial charge is 0.338 e. The second-order valence-electron chi connectivity index (χ2n) is 5.51. The molecular formula is C16H18N4O2. The van der Waals surface area contributed by atoms with Gasteiger partial charge in [-0.1, -0.05) is 25.1 Å². The standard InChI is InChI=1S/C16H18N4O2/c1-10(2)15-14(9-17)18-19-20(15)13-7-5-6-12(8-13)16(21)22-11(3)4/h5-8,10-11H,1-4H3. The van der Waals surface area contributed by atoms with Crippen LogP contribution < -0.4 is 0 Å². The van der Waals surface area contributed by atoms with Crippen LogP contribution in [0, 0.1) is 11.3 Å². The molecule has 0 unspecified atom stereocenters. The molecule has 0 bridgehead atoms. The number of carbonyl (C=O) groups excluding carboxylic acids is 1. The van der Waals surface area contributed by atoms with E-state index in [-0.39, 0.29) is 18.0 Å². The molecule has 2 rings (SSSR count). The lowest BCUT2D eigenvalue weighted by molar-refractivity contribution is 0.0378. The minimum absolute atomic E-state index is 0.0796. The normalized spacial score (nSPS) is 10.8. The number of aromatic nitrogens is 3. The number of nitrogens with zero attached hydrogens (tertiary/aromatic N) is 4. The average Bonchev–Trinajstić information content (AvgIpc) is 2.90. The van der Waals surface area contributed by atoms with Crippen molar-refractivity contribution in [2.75, 3.05) is 0 Å². The molecular weight excluding hydrogens is 280 g/mol. The van der Waals surface area contributed by atoms with E-state index in [4.69, 9.17) is 10.00 Å². The van der Waals surface area contributed by atoms with E-state index in [9.17, 15) is 4.79 Å². The first-order chi connectivity index (χ1) is 10.4. The summed E-state index contributed by atoms with van der Waals surface area (Å²) in [4.78, 5) is 12.0. The van der Waals surface area contributed by atoms with Crippen LogP contribution in [0.2, 0.25) is 0 Å². The highest BCUT2D eigenvalue weighted by atomic mass is 16.5. The maximum absolute atomic E-state index is 12.0. The van der Waals surface area contributed by atoms with Gasteiger partial charge in [0.05, 0.1) is 23.0 Å². The van der Waals surface area contributed by atoms with E-state index in [0.717, 1.165) is 5.69 Å². The van der Waals surface area contributed by atoms with Gasteiger partial charge in [-0.3, -0.25) is 0 Å². The van der Waals surface area contributed by atoms with Crippen LogP contribution >= 0.6 is 0 Å². The molecule has 1 aromatic heterocycles. The Morgan fingerprint density at radius 3 is 2.64 bits per heavy atom. The van der Waals surface area contributed by atoms with Gasteiger partial charge in [-0.15, -0.1) is 5.10 Å². The Labute approximate surface area is 129 Å². The monoisotopic (exact) mass is 298 g/mol. The van der Waals surface area contributed by atoms with Crippen molar-refractivity contribution in [3.8, 4) is 11.8 Å². The van der Waals surface area contributed by atoms with Gasteiger partial charge in [0.15, 0.2) is 5.69 Å². The third-order valence-corrected chi connectivity index (χ3v) is 3.03. The summed E-state index contributed by atoms with van der Waals surface area (Å²) in [7, 11) is 0. The predicted molar refractivity (Wildman–Crippen MR) is 80.7 cm³/mol. The lowest BCUT2D eigenvalue weighted by atomic mass is 10.1. The second-order valence-corrected chi connectivity index (χ2v) is 5.51. The minimum atomic E-state index is -0.386. The van der Waals surface area contributed by atoms with Crippen molar-refractivity contribution >= 4 is 5.97 Å². The van der Waals surface area contributed by atoms with Crippen LogP contribution in [0.3, 0.4) is 0 Å². The Morgan fingerprint density at radius 2 is 2.05 bits per heavy atom. The van der Waals surface area contributed by atoms with Gasteiger partial charge in [-0.25, -0.2) is 9.48 Å². The van der Waals surface area contributed by atoms with Gasteiger partial charge in [0.2, 0.25) is 0 Å². The molecule has 22 heavy (non-hydrogen) atoms. The van der Waals surface area contributed by atoms with Crippen molar-refractivity contribution in [1.29, 1.82) is 5.26 Å². The van der Waals surface area contributed by atoms with E-state index in [0.29, 0.717) is 16.9 Å². The van der Waals surface area contributed by atoms with Gasteiger partial charge in [-0.05, 0) is 38.0 Å². The van der Waals surface area contributed by atoms with Gasteiger partial charge in [0.1, 0.15) is 6.07 Å². The molecule has 114 valence electrons. The summed E-state index contributed by atoms with van der Waals surface area (Å²) in [5, 5.41) is 17.1. The van der Waals surface area contributed by atoms with Crippen LogP contribution in [0.25, 0.3) is 5.69 Å². The number of nitriles is 1. The second kappa shape index (κ2) is 6.39. The Balaban J connectivity index is 2.45. The van der Waals surface area contributed by atoms with E-state index in [1.54, 1.807) is 36.7 Å². The molecule has 0 aliphatic heterocycles. The number of esters is 1. The first-order valence-electron chi connectivity index (χ1n) is 7.11. The molecule has 6 nitrogen and oxygen atoms in total. The zero-order chi connectivity index (χ0) is 16.3. The van der Waals surface area contributed by atoms with Gasteiger partial charge >= 0.3 is 5.97 Å². The molecule has 0 saturated carbocycles. The summed E-state index contributed by atoms with van der Waals surface area (Å²) in [6.45, 7) is 7.53. The molecule has 0 spiro atoms. The van der Waals surface area contributed by atoms with Crippen LogP contribution in [0.4, 0.5) is 0 Å². The highest BCUT2D eigenvalue weighted by Crippen LogP contribution is 2.21. The largest absolute Gasteiger partial charge is 0.459 e. The van der Waals surface area contributed by atoms with E-state index < -0.39 is 0 Å². The molecule has 1 aromatic carbocycles. The SMILES string of the molecule is CC(C)OC(=O)c1cccc(-n2nnc(C#N)c2C(C)C)c1. The Bertz CT molecular complexity index is 726. The molecule has 0 aliphatic carbocycles. The van der Waals surface area contributed by atoms with E-state index in [2.05, 4.69) is 10.3 Å². The Hall–Kier alpha value is -2.68. The fourth-order valence-corrected chi connectivity index (χ4v) is 2.12. The number of rotatable bonds is 4. The summed E-state index contributed by atoms with van der Waals surface area (Å²) in [6.07, 6.45) is -0.182. The maximum Gasteiger partial charge on any atom is 0.338 e. The Morgan fingerprint density at radius 1 is 1.32 bits per heavy atom. The molecule has 0 saturated heterocycles. The van der Waals surface area contributed by atoms with E-state index in [1.165, 1.54) is 0 Å². The lowest BCUT2D eigenvalue weighted by Crippen LogP contribution is -2.12. The summed E-state index contributed by atoms with van der Waals surface area (Å²) < 4.78 is 6.79. The minimum Gasteiger partial charge on any atom is -0.459 e. The summed E-state index contributed by atoms with van der Waals surface area (Å²) >= 11 is 0. The third kappa shape index (κ3) is 3.14. The first kappa shape index (κ1) is 15.7. The number of carbonyl (C=O) groups is 1. The highest BCUT2D eigenvalue weighted by Gasteiger charge is 2.18.